The van der Waals surface area contributed by atoms with Gasteiger partial charge in [0.15, 0.2) is 17.2 Å². The molecule has 0 spiro atoms. The summed E-state index contributed by atoms with van der Waals surface area (Å²) in [7, 11) is 0. The summed E-state index contributed by atoms with van der Waals surface area (Å²) < 4.78 is 12.9. The molecule has 9 heteroatoms. The number of amides is 1. The van der Waals surface area contributed by atoms with Crippen molar-refractivity contribution in [2.45, 2.75) is 25.8 Å². The standard InChI is InChI=1S/C17H21N5O3.ClH/c1-11-16(20-21-22(11)13-4-6-18-7-5-13)17(23)19-12-2-3-14-15(10-12)25-9-8-24-14;/h2-3,10,13,18H,4-9H2,1H3,(H,19,23);1H. The first-order valence-electron chi connectivity index (χ1n) is 8.56. The molecule has 3 heterocycles. The lowest BCUT2D eigenvalue weighted by Gasteiger charge is -2.23. The van der Waals surface area contributed by atoms with Gasteiger partial charge in [-0.25, -0.2) is 4.68 Å². The average molecular weight is 380 g/mol. The maximum atomic E-state index is 12.6. The summed E-state index contributed by atoms with van der Waals surface area (Å²) in [5, 5.41) is 14.5. The summed E-state index contributed by atoms with van der Waals surface area (Å²) in [5.41, 5.74) is 1.79. The molecule has 2 aliphatic rings. The largest absolute Gasteiger partial charge is 0.486 e. The van der Waals surface area contributed by atoms with Gasteiger partial charge in [0.05, 0.1) is 11.7 Å². The van der Waals surface area contributed by atoms with Crippen LogP contribution in [0, 0.1) is 6.92 Å². The zero-order valence-electron chi connectivity index (χ0n) is 14.5. The first-order chi connectivity index (χ1) is 12.2. The number of anilines is 1. The zero-order valence-corrected chi connectivity index (χ0v) is 15.3. The molecule has 1 fully saturated rings. The number of fused-ring (bicyclic) bond motifs is 1. The molecule has 0 atom stereocenters. The SMILES string of the molecule is Cc1c(C(=O)Nc2ccc3c(c2)OCCO3)nnn1C1CCNCC1.Cl. The highest BCUT2D eigenvalue weighted by Crippen LogP contribution is 2.32. The highest BCUT2D eigenvalue weighted by Gasteiger charge is 2.23. The van der Waals surface area contributed by atoms with Crippen molar-refractivity contribution < 1.29 is 14.3 Å². The summed E-state index contributed by atoms with van der Waals surface area (Å²) in [6.45, 7) is 4.86. The molecule has 140 valence electrons. The summed E-state index contributed by atoms with van der Waals surface area (Å²) in [6.07, 6.45) is 1.99. The molecule has 0 saturated carbocycles. The topological polar surface area (TPSA) is 90.3 Å². The van der Waals surface area contributed by atoms with E-state index in [-0.39, 0.29) is 18.3 Å². The van der Waals surface area contributed by atoms with Crippen molar-refractivity contribution in [3.63, 3.8) is 0 Å². The first kappa shape index (κ1) is 18.5. The number of benzene rings is 1. The third kappa shape index (κ3) is 3.61. The van der Waals surface area contributed by atoms with Crippen LogP contribution in [0.1, 0.15) is 35.1 Å². The van der Waals surface area contributed by atoms with Crippen LogP contribution in [0.5, 0.6) is 11.5 Å². The molecule has 1 aromatic carbocycles. The lowest BCUT2D eigenvalue weighted by atomic mass is 10.1. The Morgan fingerprint density at radius 1 is 1.23 bits per heavy atom. The Balaban J connectivity index is 0.00000196. The molecule has 8 nitrogen and oxygen atoms in total. The average Bonchev–Trinajstić information content (AvgIpc) is 3.04. The van der Waals surface area contributed by atoms with Gasteiger partial charge in [0.2, 0.25) is 0 Å². The van der Waals surface area contributed by atoms with Gasteiger partial charge in [0, 0.05) is 11.8 Å². The molecule has 1 aromatic heterocycles. The Hall–Kier alpha value is -2.32. The minimum Gasteiger partial charge on any atom is -0.486 e. The molecular weight excluding hydrogens is 358 g/mol. The number of carbonyl (C=O) groups excluding carboxylic acids is 1. The number of carbonyl (C=O) groups is 1. The summed E-state index contributed by atoms with van der Waals surface area (Å²) in [4.78, 5) is 12.6. The van der Waals surface area contributed by atoms with Crippen LogP contribution < -0.4 is 20.1 Å². The fourth-order valence-corrected chi connectivity index (χ4v) is 3.26. The second kappa shape index (κ2) is 7.92. The minimum atomic E-state index is -0.269. The smallest absolute Gasteiger partial charge is 0.278 e. The van der Waals surface area contributed by atoms with E-state index < -0.39 is 0 Å². The Bertz CT molecular complexity index is 789. The van der Waals surface area contributed by atoms with E-state index in [4.69, 9.17) is 9.47 Å². The van der Waals surface area contributed by atoms with E-state index in [9.17, 15) is 4.79 Å². The molecule has 0 radical (unpaired) electrons. The van der Waals surface area contributed by atoms with Crippen molar-refractivity contribution in [2.24, 2.45) is 0 Å². The summed E-state index contributed by atoms with van der Waals surface area (Å²) in [6, 6.07) is 5.64. The molecule has 2 N–H and O–H groups in total. The number of nitrogens with zero attached hydrogens (tertiary/aromatic N) is 3. The number of rotatable bonds is 3. The third-order valence-corrected chi connectivity index (χ3v) is 4.60. The van der Waals surface area contributed by atoms with Crippen LogP contribution in [0.3, 0.4) is 0 Å². The van der Waals surface area contributed by atoms with Crippen molar-refractivity contribution in [1.29, 1.82) is 0 Å². The number of piperidine rings is 1. The van der Waals surface area contributed by atoms with Crippen LogP contribution in [-0.2, 0) is 0 Å². The van der Waals surface area contributed by atoms with E-state index >= 15 is 0 Å². The van der Waals surface area contributed by atoms with Crippen molar-refractivity contribution in [2.75, 3.05) is 31.6 Å². The molecule has 0 aliphatic carbocycles. The fraction of sp³-hybridized carbons (Fsp3) is 0.471. The first-order valence-corrected chi connectivity index (χ1v) is 8.56. The van der Waals surface area contributed by atoms with Crippen molar-refractivity contribution in [1.82, 2.24) is 20.3 Å². The lowest BCUT2D eigenvalue weighted by molar-refractivity contribution is 0.102. The van der Waals surface area contributed by atoms with Gasteiger partial charge in [-0.1, -0.05) is 5.21 Å². The van der Waals surface area contributed by atoms with E-state index in [1.807, 2.05) is 11.6 Å². The molecule has 4 rings (SSSR count). The molecule has 1 amide bonds. The van der Waals surface area contributed by atoms with Crippen LogP contribution >= 0.6 is 12.4 Å². The van der Waals surface area contributed by atoms with Crippen molar-refractivity contribution in [3.05, 3.63) is 29.6 Å². The number of aromatic nitrogens is 3. The Kier molecular flexibility index (Phi) is 5.63. The Labute approximate surface area is 157 Å². The number of hydrogen-bond acceptors (Lipinski definition) is 6. The highest BCUT2D eigenvalue weighted by atomic mass is 35.5. The van der Waals surface area contributed by atoms with Crippen molar-refractivity contribution >= 4 is 24.0 Å². The maximum Gasteiger partial charge on any atom is 0.278 e. The molecule has 0 bridgehead atoms. The van der Waals surface area contributed by atoms with Crippen LogP contribution in [-0.4, -0.2) is 47.2 Å². The van der Waals surface area contributed by atoms with Crippen molar-refractivity contribution in [3.8, 4) is 11.5 Å². The predicted molar refractivity (Wildman–Crippen MR) is 98.5 cm³/mol. The summed E-state index contributed by atoms with van der Waals surface area (Å²) >= 11 is 0. The van der Waals surface area contributed by atoms with Gasteiger partial charge < -0.3 is 20.1 Å². The Morgan fingerprint density at radius 3 is 2.73 bits per heavy atom. The van der Waals surface area contributed by atoms with Crippen LogP contribution in [0.15, 0.2) is 18.2 Å². The molecular formula is C17H22ClN5O3. The molecule has 26 heavy (non-hydrogen) atoms. The minimum absolute atomic E-state index is 0. The summed E-state index contributed by atoms with van der Waals surface area (Å²) in [5.74, 6) is 1.06. The number of hydrogen-bond donors (Lipinski definition) is 2. The molecule has 2 aliphatic heterocycles. The van der Waals surface area contributed by atoms with Gasteiger partial charge in [0.1, 0.15) is 13.2 Å². The molecule has 0 unspecified atom stereocenters. The second-order valence-electron chi connectivity index (χ2n) is 6.26. The predicted octanol–water partition coefficient (Wildman–Crippen LogP) is 1.96. The van der Waals surface area contributed by atoms with E-state index in [1.165, 1.54) is 0 Å². The lowest BCUT2D eigenvalue weighted by Crippen LogP contribution is -2.30. The fourth-order valence-electron chi connectivity index (χ4n) is 3.26. The third-order valence-electron chi connectivity index (χ3n) is 4.60. The van der Waals surface area contributed by atoms with Gasteiger partial charge in [-0.05, 0) is 45.0 Å². The Morgan fingerprint density at radius 2 is 1.96 bits per heavy atom. The van der Waals surface area contributed by atoms with Gasteiger partial charge in [0.25, 0.3) is 5.91 Å². The normalized spacial score (nSPS) is 16.7. The quantitative estimate of drug-likeness (QED) is 0.847. The van der Waals surface area contributed by atoms with Gasteiger partial charge in [-0.2, -0.15) is 0 Å². The van der Waals surface area contributed by atoms with Crippen LogP contribution in [0.2, 0.25) is 0 Å². The number of nitrogens with one attached hydrogen (secondary N) is 2. The number of halogens is 1. The monoisotopic (exact) mass is 379 g/mol. The number of ether oxygens (including phenoxy) is 2. The molecule has 2 aromatic rings. The van der Waals surface area contributed by atoms with E-state index in [0.29, 0.717) is 42.1 Å². The van der Waals surface area contributed by atoms with Crippen LogP contribution in [0.25, 0.3) is 0 Å². The molecule has 1 saturated heterocycles. The van der Waals surface area contributed by atoms with Gasteiger partial charge in [-0.3, -0.25) is 4.79 Å². The van der Waals surface area contributed by atoms with E-state index in [2.05, 4.69) is 20.9 Å². The van der Waals surface area contributed by atoms with Gasteiger partial charge >= 0.3 is 0 Å². The zero-order chi connectivity index (χ0) is 17.2. The second-order valence-corrected chi connectivity index (χ2v) is 6.26. The van der Waals surface area contributed by atoms with Gasteiger partial charge in [-0.15, -0.1) is 17.5 Å². The highest BCUT2D eigenvalue weighted by molar-refractivity contribution is 6.03. The maximum absolute atomic E-state index is 12.6. The van der Waals surface area contributed by atoms with Crippen LogP contribution in [0.4, 0.5) is 5.69 Å². The van der Waals surface area contributed by atoms with E-state index in [0.717, 1.165) is 31.6 Å². The van der Waals surface area contributed by atoms with E-state index in [1.54, 1.807) is 18.2 Å².